The molecular formula is C17H25N3O3S. The molecule has 0 radical (unpaired) electrons. The summed E-state index contributed by atoms with van der Waals surface area (Å²) >= 11 is 0. The van der Waals surface area contributed by atoms with Crippen LogP contribution in [-0.2, 0) is 10.0 Å². The lowest BCUT2D eigenvalue weighted by molar-refractivity contribution is 0.0942. The van der Waals surface area contributed by atoms with Gasteiger partial charge in [-0.05, 0) is 31.0 Å². The summed E-state index contributed by atoms with van der Waals surface area (Å²) in [5.41, 5.74) is 0.401. The molecule has 7 heteroatoms. The van der Waals surface area contributed by atoms with Crippen molar-refractivity contribution in [1.82, 2.24) is 14.9 Å². The molecule has 1 aromatic carbocycles. The number of carbonyl (C=O) groups excluding carboxylic acids is 1. The van der Waals surface area contributed by atoms with Gasteiger partial charge in [-0.15, -0.1) is 0 Å². The largest absolute Gasteiger partial charge is 0.352 e. The SMILES string of the molecule is O=C(NCC1CNC1)c1cccc(S(=O)(=O)N2CCCCCC2)c1. The minimum Gasteiger partial charge on any atom is -0.352 e. The molecule has 0 atom stereocenters. The van der Waals surface area contributed by atoms with E-state index in [1.807, 2.05) is 0 Å². The summed E-state index contributed by atoms with van der Waals surface area (Å²) in [4.78, 5) is 12.5. The van der Waals surface area contributed by atoms with E-state index in [-0.39, 0.29) is 10.8 Å². The van der Waals surface area contributed by atoms with E-state index in [1.165, 1.54) is 6.07 Å². The van der Waals surface area contributed by atoms with Gasteiger partial charge in [0, 0.05) is 44.2 Å². The first-order chi connectivity index (χ1) is 11.6. The summed E-state index contributed by atoms with van der Waals surface area (Å²) < 4.78 is 27.2. The van der Waals surface area contributed by atoms with Crippen LogP contribution in [0.3, 0.4) is 0 Å². The van der Waals surface area contributed by atoms with Crippen LogP contribution in [0.2, 0.25) is 0 Å². The van der Waals surface area contributed by atoms with Crippen molar-refractivity contribution < 1.29 is 13.2 Å². The Morgan fingerprint density at radius 3 is 2.50 bits per heavy atom. The fourth-order valence-corrected chi connectivity index (χ4v) is 4.62. The zero-order valence-electron chi connectivity index (χ0n) is 13.8. The van der Waals surface area contributed by atoms with Gasteiger partial charge >= 0.3 is 0 Å². The average molecular weight is 351 g/mol. The van der Waals surface area contributed by atoms with E-state index in [9.17, 15) is 13.2 Å². The summed E-state index contributed by atoms with van der Waals surface area (Å²) in [6, 6.07) is 6.38. The van der Waals surface area contributed by atoms with Gasteiger partial charge in [-0.1, -0.05) is 18.9 Å². The van der Waals surface area contributed by atoms with Crippen molar-refractivity contribution >= 4 is 15.9 Å². The number of sulfonamides is 1. The van der Waals surface area contributed by atoms with E-state index in [4.69, 9.17) is 0 Å². The quantitative estimate of drug-likeness (QED) is 0.836. The molecule has 3 rings (SSSR count). The molecule has 0 aromatic heterocycles. The number of nitrogens with zero attached hydrogens (tertiary/aromatic N) is 1. The second-order valence-electron chi connectivity index (χ2n) is 6.58. The molecule has 2 aliphatic heterocycles. The Balaban J connectivity index is 1.72. The minimum atomic E-state index is -3.52. The second kappa shape index (κ2) is 7.63. The van der Waals surface area contributed by atoms with Gasteiger partial charge in [-0.2, -0.15) is 4.31 Å². The third-order valence-corrected chi connectivity index (χ3v) is 6.61. The van der Waals surface area contributed by atoms with E-state index in [1.54, 1.807) is 22.5 Å². The van der Waals surface area contributed by atoms with E-state index in [0.717, 1.165) is 38.8 Å². The van der Waals surface area contributed by atoms with Crippen molar-refractivity contribution in [3.63, 3.8) is 0 Å². The predicted octanol–water partition coefficient (Wildman–Crippen LogP) is 1.20. The summed E-state index contributed by atoms with van der Waals surface area (Å²) in [7, 11) is -3.52. The second-order valence-corrected chi connectivity index (χ2v) is 8.52. The standard InChI is InChI=1S/C17H25N3O3S/c21-17(19-13-14-11-18-12-14)15-6-5-7-16(10-15)24(22,23)20-8-3-1-2-4-9-20/h5-7,10,14,18H,1-4,8-9,11-13H2,(H,19,21). The van der Waals surface area contributed by atoms with Crippen LogP contribution in [0.1, 0.15) is 36.0 Å². The summed E-state index contributed by atoms with van der Waals surface area (Å²) in [6.07, 6.45) is 3.94. The van der Waals surface area contributed by atoms with Gasteiger partial charge < -0.3 is 10.6 Å². The Labute approximate surface area is 143 Å². The van der Waals surface area contributed by atoms with Crippen LogP contribution in [-0.4, -0.2) is 51.4 Å². The Morgan fingerprint density at radius 2 is 1.88 bits per heavy atom. The van der Waals surface area contributed by atoms with Crippen LogP contribution in [0, 0.1) is 5.92 Å². The van der Waals surface area contributed by atoms with Crippen molar-refractivity contribution in [2.75, 3.05) is 32.7 Å². The molecule has 2 aliphatic rings. The van der Waals surface area contributed by atoms with Crippen molar-refractivity contribution in [2.24, 2.45) is 5.92 Å². The highest BCUT2D eigenvalue weighted by molar-refractivity contribution is 7.89. The maximum absolute atomic E-state index is 12.8. The zero-order valence-corrected chi connectivity index (χ0v) is 14.6. The van der Waals surface area contributed by atoms with Gasteiger partial charge in [0.1, 0.15) is 0 Å². The normalized spacial score (nSPS) is 20.2. The lowest BCUT2D eigenvalue weighted by Gasteiger charge is -2.27. The van der Waals surface area contributed by atoms with Crippen LogP contribution in [0.15, 0.2) is 29.2 Å². The van der Waals surface area contributed by atoms with E-state index < -0.39 is 10.0 Å². The molecule has 0 saturated carbocycles. The van der Waals surface area contributed by atoms with Crippen LogP contribution in [0.4, 0.5) is 0 Å². The lowest BCUT2D eigenvalue weighted by atomic mass is 10.0. The van der Waals surface area contributed by atoms with Crippen molar-refractivity contribution in [1.29, 1.82) is 0 Å². The predicted molar refractivity (Wildman–Crippen MR) is 92.4 cm³/mol. The fraction of sp³-hybridized carbons (Fsp3) is 0.588. The highest BCUT2D eigenvalue weighted by atomic mass is 32.2. The molecular weight excluding hydrogens is 326 g/mol. The number of benzene rings is 1. The van der Waals surface area contributed by atoms with Gasteiger partial charge in [0.2, 0.25) is 10.0 Å². The third-order valence-electron chi connectivity index (χ3n) is 4.72. The summed E-state index contributed by atoms with van der Waals surface area (Å²) in [5.74, 6) is 0.257. The minimum absolute atomic E-state index is 0.211. The molecule has 2 N–H and O–H groups in total. The van der Waals surface area contributed by atoms with Crippen LogP contribution in [0.25, 0.3) is 0 Å². The van der Waals surface area contributed by atoms with Crippen LogP contribution in [0.5, 0.6) is 0 Å². The smallest absolute Gasteiger partial charge is 0.251 e. The van der Waals surface area contributed by atoms with Gasteiger partial charge in [-0.3, -0.25) is 4.79 Å². The number of nitrogens with one attached hydrogen (secondary N) is 2. The summed E-state index contributed by atoms with van der Waals surface area (Å²) in [6.45, 7) is 3.59. The Hall–Kier alpha value is -1.44. The van der Waals surface area contributed by atoms with Crippen molar-refractivity contribution in [3.05, 3.63) is 29.8 Å². The molecule has 0 bridgehead atoms. The van der Waals surface area contributed by atoms with E-state index in [2.05, 4.69) is 10.6 Å². The molecule has 0 unspecified atom stereocenters. The van der Waals surface area contributed by atoms with Gasteiger partial charge in [0.15, 0.2) is 0 Å². The van der Waals surface area contributed by atoms with Crippen molar-refractivity contribution in [2.45, 2.75) is 30.6 Å². The molecule has 0 aliphatic carbocycles. The highest BCUT2D eigenvalue weighted by Crippen LogP contribution is 2.21. The monoisotopic (exact) mass is 351 g/mol. The van der Waals surface area contributed by atoms with Crippen LogP contribution >= 0.6 is 0 Å². The van der Waals surface area contributed by atoms with Crippen LogP contribution < -0.4 is 10.6 Å². The maximum Gasteiger partial charge on any atom is 0.251 e. The third kappa shape index (κ3) is 3.96. The molecule has 2 heterocycles. The van der Waals surface area contributed by atoms with Gasteiger partial charge in [0.25, 0.3) is 5.91 Å². The molecule has 0 spiro atoms. The number of amides is 1. The molecule has 1 amide bonds. The van der Waals surface area contributed by atoms with Crippen molar-refractivity contribution in [3.8, 4) is 0 Å². The first-order valence-corrected chi connectivity index (χ1v) is 10.1. The molecule has 2 fully saturated rings. The highest BCUT2D eigenvalue weighted by Gasteiger charge is 2.26. The number of hydrogen-bond donors (Lipinski definition) is 2. The molecule has 1 aromatic rings. The Morgan fingerprint density at radius 1 is 1.17 bits per heavy atom. The van der Waals surface area contributed by atoms with E-state index in [0.29, 0.717) is 31.1 Å². The zero-order chi connectivity index (χ0) is 17.0. The maximum atomic E-state index is 12.8. The Kier molecular flexibility index (Phi) is 5.53. The first-order valence-electron chi connectivity index (χ1n) is 8.66. The van der Waals surface area contributed by atoms with E-state index >= 15 is 0 Å². The summed E-state index contributed by atoms with van der Waals surface area (Å²) in [5, 5.41) is 6.04. The molecule has 2 saturated heterocycles. The molecule has 6 nitrogen and oxygen atoms in total. The first kappa shape index (κ1) is 17.4. The Bertz CT molecular complexity index is 678. The molecule has 24 heavy (non-hydrogen) atoms. The number of hydrogen-bond acceptors (Lipinski definition) is 4. The topological polar surface area (TPSA) is 78.5 Å². The lowest BCUT2D eigenvalue weighted by Crippen LogP contribution is -2.48. The average Bonchev–Trinajstić information content (AvgIpc) is 2.83. The molecule has 132 valence electrons. The number of carbonyl (C=O) groups is 1. The fourth-order valence-electron chi connectivity index (χ4n) is 3.06. The number of rotatable bonds is 5. The van der Waals surface area contributed by atoms with Gasteiger partial charge in [0.05, 0.1) is 4.90 Å². The van der Waals surface area contributed by atoms with Gasteiger partial charge in [-0.25, -0.2) is 8.42 Å².